The van der Waals surface area contributed by atoms with Crippen LogP contribution in [0.4, 0.5) is 5.69 Å². The first-order valence-electron chi connectivity index (χ1n) is 6.54. The minimum absolute atomic E-state index is 0.284. The van der Waals surface area contributed by atoms with Gasteiger partial charge in [0.1, 0.15) is 25.3 Å². The van der Waals surface area contributed by atoms with E-state index in [-0.39, 0.29) is 5.91 Å². The molecule has 4 rings (SSSR count). The second-order valence-electron chi connectivity index (χ2n) is 4.86. The molecule has 1 aliphatic heterocycles. The second kappa shape index (κ2) is 5.05. The van der Waals surface area contributed by atoms with Crippen LogP contribution in [-0.4, -0.2) is 35.7 Å². The van der Waals surface area contributed by atoms with Gasteiger partial charge in [0.15, 0.2) is 0 Å². The third-order valence-corrected chi connectivity index (χ3v) is 3.90. The van der Waals surface area contributed by atoms with Gasteiger partial charge in [-0.1, -0.05) is 15.9 Å². The lowest BCUT2D eigenvalue weighted by atomic mass is 10.0. The number of fused-ring (bicyclic) bond motifs is 1. The van der Waals surface area contributed by atoms with Gasteiger partial charge in [0, 0.05) is 15.7 Å². The van der Waals surface area contributed by atoms with Crippen LogP contribution in [-0.2, 0) is 10.5 Å². The molecular formula is C12H10BrN9O. The molecule has 0 radical (unpaired) electrons. The highest BCUT2D eigenvalue weighted by Gasteiger charge is 2.48. The number of benzene rings is 1. The minimum Gasteiger partial charge on any atom is -0.322 e. The van der Waals surface area contributed by atoms with Crippen molar-refractivity contribution >= 4 is 27.5 Å². The maximum Gasteiger partial charge on any atom is 0.278 e. The highest BCUT2D eigenvalue weighted by atomic mass is 79.9. The number of hydrogen-bond donors (Lipinski definition) is 3. The molecule has 1 amide bonds. The Morgan fingerprint density at radius 1 is 1.00 bits per heavy atom. The molecule has 1 aromatic carbocycles. The molecule has 0 aliphatic carbocycles. The van der Waals surface area contributed by atoms with Gasteiger partial charge in [0.2, 0.25) is 5.66 Å². The van der Waals surface area contributed by atoms with Crippen LogP contribution in [0.2, 0.25) is 0 Å². The minimum atomic E-state index is -1.29. The lowest BCUT2D eigenvalue weighted by Crippen LogP contribution is -2.54. The smallest absolute Gasteiger partial charge is 0.278 e. The number of nitrogens with one attached hydrogen (secondary N) is 3. The van der Waals surface area contributed by atoms with E-state index in [9.17, 15) is 4.79 Å². The third-order valence-electron chi connectivity index (χ3n) is 3.41. The summed E-state index contributed by atoms with van der Waals surface area (Å²) in [6, 6.07) is 5.52. The summed E-state index contributed by atoms with van der Waals surface area (Å²) in [5, 5.41) is 17.8. The molecule has 0 bridgehead atoms. The number of anilines is 1. The molecule has 3 heterocycles. The first-order valence-corrected chi connectivity index (χ1v) is 7.34. The number of carbonyl (C=O) groups is 1. The Hall–Kier alpha value is -2.95. The van der Waals surface area contributed by atoms with Gasteiger partial charge >= 0.3 is 0 Å². The molecule has 3 N–H and O–H groups in total. The van der Waals surface area contributed by atoms with Crippen molar-refractivity contribution in [1.29, 1.82) is 0 Å². The van der Waals surface area contributed by atoms with E-state index in [0.29, 0.717) is 11.3 Å². The summed E-state index contributed by atoms with van der Waals surface area (Å²) in [4.78, 5) is 12.8. The van der Waals surface area contributed by atoms with Crippen LogP contribution in [0, 0.1) is 0 Å². The van der Waals surface area contributed by atoms with Gasteiger partial charge in [-0.05, 0) is 18.2 Å². The number of rotatable bonds is 4. The quantitative estimate of drug-likeness (QED) is 0.559. The van der Waals surface area contributed by atoms with E-state index in [0.717, 1.165) is 4.47 Å². The maximum absolute atomic E-state index is 12.8. The Labute approximate surface area is 138 Å². The molecule has 116 valence electrons. The molecule has 0 atom stereocenters. The standard InChI is InChI=1S/C12H10BrN9O/c13-8-1-2-10-9(3-8)12(11(23)18-10,19-21-4-14-15-5-21)20-22-6-16-17-7-22/h1-7,19-20H,(H,18,23). The Bertz CT molecular complexity index is 809. The summed E-state index contributed by atoms with van der Waals surface area (Å²) in [7, 11) is 0. The van der Waals surface area contributed by atoms with E-state index < -0.39 is 5.66 Å². The largest absolute Gasteiger partial charge is 0.322 e. The highest BCUT2D eigenvalue weighted by molar-refractivity contribution is 9.10. The van der Waals surface area contributed by atoms with E-state index in [2.05, 4.69) is 52.5 Å². The van der Waals surface area contributed by atoms with Crippen molar-refractivity contribution in [3.63, 3.8) is 0 Å². The van der Waals surface area contributed by atoms with Crippen molar-refractivity contribution in [1.82, 2.24) is 29.7 Å². The van der Waals surface area contributed by atoms with Crippen LogP contribution in [0.1, 0.15) is 5.56 Å². The average molecular weight is 376 g/mol. The van der Waals surface area contributed by atoms with E-state index >= 15 is 0 Å². The number of hydrogen-bond acceptors (Lipinski definition) is 7. The van der Waals surface area contributed by atoms with Gasteiger partial charge in [0.05, 0.1) is 0 Å². The molecular weight excluding hydrogens is 366 g/mol. The van der Waals surface area contributed by atoms with Gasteiger partial charge < -0.3 is 5.32 Å². The Kier molecular flexibility index (Phi) is 3.01. The number of nitrogens with zero attached hydrogens (tertiary/aromatic N) is 6. The van der Waals surface area contributed by atoms with Gasteiger partial charge in [0.25, 0.3) is 5.91 Å². The summed E-state index contributed by atoms with van der Waals surface area (Å²) in [6.07, 6.45) is 5.83. The summed E-state index contributed by atoms with van der Waals surface area (Å²) < 4.78 is 3.83. The maximum atomic E-state index is 12.8. The van der Waals surface area contributed by atoms with Gasteiger partial charge in [-0.15, -0.1) is 20.4 Å². The Balaban J connectivity index is 1.85. The second-order valence-corrected chi connectivity index (χ2v) is 5.77. The number of carbonyl (C=O) groups excluding carboxylic acids is 1. The zero-order chi connectivity index (χ0) is 15.9. The SMILES string of the molecule is O=C1Nc2ccc(Br)cc2C1(Nn1cnnc1)Nn1cnnc1. The summed E-state index contributed by atoms with van der Waals surface area (Å²) in [6.45, 7) is 0. The van der Waals surface area contributed by atoms with Gasteiger partial charge in [-0.25, -0.2) is 9.35 Å². The van der Waals surface area contributed by atoms with E-state index in [4.69, 9.17) is 0 Å². The lowest BCUT2D eigenvalue weighted by Gasteiger charge is -2.31. The molecule has 0 saturated carbocycles. The molecule has 23 heavy (non-hydrogen) atoms. The monoisotopic (exact) mass is 375 g/mol. The lowest BCUT2D eigenvalue weighted by molar-refractivity contribution is -0.119. The van der Waals surface area contributed by atoms with Crippen LogP contribution in [0.15, 0.2) is 48.0 Å². The first kappa shape index (κ1) is 13.7. The normalized spacial score (nSPS) is 15.1. The number of halogens is 1. The van der Waals surface area contributed by atoms with Gasteiger partial charge in [-0.3, -0.25) is 15.6 Å². The summed E-state index contributed by atoms with van der Waals surface area (Å²) in [5.41, 5.74) is 6.27. The topological polar surface area (TPSA) is 115 Å². The van der Waals surface area contributed by atoms with Crippen LogP contribution >= 0.6 is 15.9 Å². The predicted molar refractivity (Wildman–Crippen MR) is 83.2 cm³/mol. The van der Waals surface area contributed by atoms with Crippen LogP contribution in [0.3, 0.4) is 0 Å². The van der Waals surface area contributed by atoms with Crippen LogP contribution < -0.4 is 16.2 Å². The van der Waals surface area contributed by atoms with Crippen molar-refractivity contribution < 1.29 is 4.79 Å². The number of aromatic nitrogens is 6. The van der Waals surface area contributed by atoms with E-state index in [1.165, 1.54) is 34.7 Å². The van der Waals surface area contributed by atoms with Crippen molar-refractivity contribution in [2.24, 2.45) is 0 Å². The van der Waals surface area contributed by atoms with Crippen molar-refractivity contribution in [2.75, 3.05) is 16.2 Å². The van der Waals surface area contributed by atoms with Gasteiger partial charge in [-0.2, -0.15) is 0 Å². The molecule has 0 unspecified atom stereocenters. The summed E-state index contributed by atoms with van der Waals surface area (Å²) in [5.74, 6) is -0.284. The number of amides is 1. The zero-order valence-electron chi connectivity index (χ0n) is 11.5. The third kappa shape index (κ3) is 2.21. The molecule has 3 aromatic rings. The molecule has 2 aromatic heterocycles. The van der Waals surface area contributed by atoms with E-state index in [1.807, 2.05) is 18.2 Å². The first-order chi connectivity index (χ1) is 11.2. The predicted octanol–water partition coefficient (Wildman–Crippen LogP) is 0.224. The van der Waals surface area contributed by atoms with Crippen LogP contribution in [0.25, 0.3) is 0 Å². The zero-order valence-corrected chi connectivity index (χ0v) is 13.1. The fourth-order valence-electron chi connectivity index (χ4n) is 2.43. The summed E-state index contributed by atoms with van der Waals surface area (Å²) >= 11 is 3.43. The average Bonchev–Trinajstić information content (AvgIpc) is 3.25. The van der Waals surface area contributed by atoms with Crippen molar-refractivity contribution in [2.45, 2.75) is 5.66 Å². The molecule has 10 nitrogen and oxygen atoms in total. The highest BCUT2D eigenvalue weighted by Crippen LogP contribution is 2.37. The fraction of sp³-hybridized carbons (Fsp3) is 0.0833. The molecule has 0 saturated heterocycles. The van der Waals surface area contributed by atoms with Crippen molar-refractivity contribution in [3.8, 4) is 0 Å². The fourth-order valence-corrected chi connectivity index (χ4v) is 2.79. The van der Waals surface area contributed by atoms with Crippen LogP contribution in [0.5, 0.6) is 0 Å². The Morgan fingerprint density at radius 3 is 2.13 bits per heavy atom. The molecule has 11 heteroatoms. The molecule has 0 fully saturated rings. The molecule has 0 spiro atoms. The Morgan fingerprint density at radius 2 is 1.57 bits per heavy atom. The van der Waals surface area contributed by atoms with Crippen molar-refractivity contribution in [3.05, 3.63) is 53.5 Å². The molecule has 1 aliphatic rings. The van der Waals surface area contributed by atoms with E-state index in [1.54, 1.807) is 0 Å².